The van der Waals surface area contributed by atoms with E-state index in [-0.39, 0.29) is 0 Å². The summed E-state index contributed by atoms with van der Waals surface area (Å²) in [6, 6.07) is 11.0. The Kier molecular flexibility index (Phi) is 4.97. The summed E-state index contributed by atoms with van der Waals surface area (Å²) in [6.07, 6.45) is 11.8. The fourth-order valence-electron chi connectivity index (χ4n) is 3.17. The Balaban J connectivity index is 1.37. The summed E-state index contributed by atoms with van der Waals surface area (Å²) in [7, 11) is 0. The van der Waals surface area contributed by atoms with Gasteiger partial charge in [0.1, 0.15) is 10.8 Å². The van der Waals surface area contributed by atoms with Crippen LogP contribution in [0.5, 0.6) is 0 Å². The highest BCUT2D eigenvalue weighted by Gasteiger charge is 2.21. The van der Waals surface area contributed by atoms with Crippen LogP contribution >= 0.6 is 11.8 Å². The third-order valence-corrected chi connectivity index (χ3v) is 5.53. The molecule has 1 aliphatic heterocycles. The van der Waals surface area contributed by atoms with Gasteiger partial charge < -0.3 is 9.47 Å². The first-order chi connectivity index (χ1) is 12.4. The summed E-state index contributed by atoms with van der Waals surface area (Å²) in [5, 5.41) is 0.984. The zero-order chi connectivity index (χ0) is 16.9. The van der Waals surface area contributed by atoms with Gasteiger partial charge in [0, 0.05) is 37.3 Å². The number of aromatic nitrogens is 4. The average molecular weight is 351 g/mol. The van der Waals surface area contributed by atoms with E-state index >= 15 is 0 Å². The molecular weight excluding hydrogens is 330 g/mol. The maximum atomic E-state index is 4.81. The molecule has 0 amide bonds. The van der Waals surface area contributed by atoms with E-state index < -0.39 is 0 Å². The van der Waals surface area contributed by atoms with Gasteiger partial charge >= 0.3 is 0 Å². The Bertz CT molecular complexity index is 783. The van der Waals surface area contributed by atoms with E-state index in [0.717, 1.165) is 42.5 Å². The van der Waals surface area contributed by atoms with Crippen molar-refractivity contribution in [1.29, 1.82) is 0 Å². The van der Waals surface area contributed by atoms with Crippen LogP contribution in [0.1, 0.15) is 24.4 Å². The van der Waals surface area contributed by atoms with Gasteiger partial charge in [0.15, 0.2) is 0 Å². The summed E-state index contributed by atoms with van der Waals surface area (Å²) in [5.41, 5.74) is 1.31. The molecule has 5 nitrogen and oxygen atoms in total. The third kappa shape index (κ3) is 4.02. The molecule has 6 heteroatoms. The van der Waals surface area contributed by atoms with Crippen molar-refractivity contribution in [3.05, 3.63) is 67.0 Å². The highest BCUT2D eigenvalue weighted by molar-refractivity contribution is 7.98. The molecule has 0 atom stereocenters. The summed E-state index contributed by atoms with van der Waals surface area (Å²) in [4.78, 5) is 15.7. The van der Waals surface area contributed by atoms with E-state index in [4.69, 9.17) is 4.98 Å². The Morgan fingerprint density at radius 1 is 1.04 bits per heavy atom. The van der Waals surface area contributed by atoms with Crippen molar-refractivity contribution in [2.24, 2.45) is 0 Å². The van der Waals surface area contributed by atoms with Crippen LogP contribution in [-0.2, 0) is 5.75 Å². The molecular formula is C19H21N5S. The molecule has 25 heavy (non-hydrogen) atoms. The van der Waals surface area contributed by atoms with Crippen LogP contribution in [0.15, 0.2) is 66.5 Å². The number of thioether (sulfide) groups is 1. The number of nitrogens with zero attached hydrogens (tertiary/aromatic N) is 5. The fraction of sp³-hybridized carbons (Fsp3) is 0.316. The number of imidazole rings is 1. The normalized spacial score (nSPS) is 15.4. The summed E-state index contributed by atoms with van der Waals surface area (Å²) >= 11 is 1.74. The van der Waals surface area contributed by atoms with Crippen LogP contribution in [0.3, 0.4) is 0 Å². The summed E-state index contributed by atoms with van der Waals surface area (Å²) in [6.45, 7) is 2.01. The van der Waals surface area contributed by atoms with Crippen molar-refractivity contribution in [1.82, 2.24) is 19.5 Å². The quantitative estimate of drug-likeness (QED) is 0.654. The maximum absolute atomic E-state index is 4.81. The van der Waals surface area contributed by atoms with Crippen molar-refractivity contribution >= 4 is 17.6 Å². The van der Waals surface area contributed by atoms with Crippen LogP contribution in [0.2, 0.25) is 0 Å². The Hall–Kier alpha value is -2.34. The molecule has 0 bridgehead atoms. The van der Waals surface area contributed by atoms with Crippen LogP contribution in [-0.4, -0.2) is 32.6 Å². The number of piperidine rings is 1. The van der Waals surface area contributed by atoms with Crippen molar-refractivity contribution in [2.75, 3.05) is 18.0 Å². The molecule has 4 rings (SSSR count). The molecule has 128 valence electrons. The zero-order valence-corrected chi connectivity index (χ0v) is 14.8. The molecule has 0 aliphatic carbocycles. The summed E-state index contributed by atoms with van der Waals surface area (Å²) < 4.78 is 2.22. The van der Waals surface area contributed by atoms with E-state index in [9.17, 15) is 0 Å². The predicted octanol–water partition coefficient (Wildman–Crippen LogP) is 3.81. The molecule has 0 saturated carbocycles. The smallest absolute Gasteiger partial charge is 0.148 e. The second-order valence-corrected chi connectivity index (χ2v) is 7.21. The molecule has 1 saturated heterocycles. The number of rotatable bonds is 5. The van der Waals surface area contributed by atoms with Crippen LogP contribution in [0.25, 0.3) is 0 Å². The second-order valence-electron chi connectivity index (χ2n) is 6.22. The average Bonchev–Trinajstić information content (AvgIpc) is 3.22. The fourth-order valence-corrected chi connectivity index (χ4v) is 3.97. The van der Waals surface area contributed by atoms with E-state index in [1.807, 2.05) is 31.0 Å². The van der Waals surface area contributed by atoms with E-state index in [2.05, 4.69) is 49.9 Å². The predicted molar refractivity (Wildman–Crippen MR) is 101 cm³/mol. The Morgan fingerprint density at radius 2 is 1.88 bits per heavy atom. The zero-order valence-electron chi connectivity index (χ0n) is 14.0. The molecule has 3 aromatic rings. The number of benzene rings is 1. The molecule has 1 fully saturated rings. The molecule has 1 aromatic carbocycles. The lowest BCUT2D eigenvalue weighted by Crippen LogP contribution is -2.35. The lowest BCUT2D eigenvalue weighted by Gasteiger charge is -2.33. The minimum absolute atomic E-state index is 0.544. The SMILES string of the molecule is c1ccc(CSc2cncc(N3CCC(n4ccnc4)CC3)n2)cc1. The second kappa shape index (κ2) is 7.70. The van der Waals surface area contributed by atoms with E-state index in [1.54, 1.807) is 11.8 Å². The Morgan fingerprint density at radius 3 is 2.64 bits per heavy atom. The van der Waals surface area contributed by atoms with Gasteiger partial charge in [-0.05, 0) is 18.4 Å². The van der Waals surface area contributed by atoms with Crippen molar-refractivity contribution in [3.8, 4) is 0 Å². The highest BCUT2D eigenvalue weighted by atomic mass is 32.2. The minimum Gasteiger partial charge on any atom is -0.355 e. The first kappa shape index (κ1) is 16.1. The molecule has 0 radical (unpaired) electrons. The van der Waals surface area contributed by atoms with Gasteiger partial charge in [0.05, 0.1) is 18.7 Å². The van der Waals surface area contributed by atoms with Crippen molar-refractivity contribution < 1.29 is 0 Å². The van der Waals surface area contributed by atoms with Crippen LogP contribution in [0.4, 0.5) is 5.82 Å². The van der Waals surface area contributed by atoms with E-state index in [1.165, 1.54) is 5.56 Å². The van der Waals surface area contributed by atoms with Crippen molar-refractivity contribution in [3.63, 3.8) is 0 Å². The molecule has 1 aliphatic rings. The van der Waals surface area contributed by atoms with Gasteiger partial charge in [0.25, 0.3) is 0 Å². The number of hydrogen-bond donors (Lipinski definition) is 0. The molecule has 2 aromatic heterocycles. The standard InChI is InChI=1S/C19H21N5S/c1-2-4-16(5-3-1)14-25-19-13-21-12-18(22-19)23-9-6-17(7-10-23)24-11-8-20-15-24/h1-5,8,11-13,15,17H,6-7,9-10,14H2. The monoisotopic (exact) mass is 351 g/mol. The van der Waals surface area contributed by atoms with E-state index in [0.29, 0.717) is 6.04 Å². The van der Waals surface area contributed by atoms with Gasteiger partial charge in [-0.1, -0.05) is 30.3 Å². The van der Waals surface area contributed by atoms with Crippen molar-refractivity contribution in [2.45, 2.75) is 29.7 Å². The molecule has 0 N–H and O–H groups in total. The van der Waals surface area contributed by atoms with Crippen LogP contribution in [0, 0.1) is 0 Å². The van der Waals surface area contributed by atoms with Crippen LogP contribution < -0.4 is 4.90 Å². The number of hydrogen-bond acceptors (Lipinski definition) is 5. The first-order valence-corrected chi connectivity index (χ1v) is 9.58. The lowest BCUT2D eigenvalue weighted by atomic mass is 10.1. The lowest BCUT2D eigenvalue weighted by molar-refractivity contribution is 0.394. The van der Waals surface area contributed by atoms with Gasteiger partial charge in [-0.3, -0.25) is 4.98 Å². The number of anilines is 1. The maximum Gasteiger partial charge on any atom is 0.148 e. The largest absolute Gasteiger partial charge is 0.355 e. The minimum atomic E-state index is 0.544. The first-order valence-electron chi connectivity index (χ1n) is 8.59. The van der Waals surface area contributed by atoms with Gasteiger partial charge in [-0.25, -0.2) is 9.97 Å². The highest BCUT2D eigenvalue weighted by Crippen LogP contribution is 2.27. The molecule has 3 heterocycles. The Labute approximate surface area is 152 Å². The van der Waals surface area contributed by atoms with Gasteiger partial charge in [0.2, 0.25) is 0 Å². The third-order valence-electron chi connectivity index (χ3n) is 4.56. The van der Waals surface area contributed by atoms with Gasteiger partial charge in [-0.2, -0.15) is 0 Å². The molecule has 0 unspecified atom stereocenters. The topological polar surface area (TPSA) is 46.8 Å². The summed E-state index contributed by atoms with van der Waals surface area (Å²) in [5.74, 6) is 1.91. The molecule has 0 spiro atoms. The van der Waals surface area contributed by atoms with Gasteiger partial charge in [-0.15, -0.1) is 11.8 Å².